The summed E-state index contributed by atoms with van der Waals surface area (Å²) in [6.07, 6.45) is 1.70. The number of hydrogen-bond acceptors (Lipinski definition) is 3. The summed E-state index contributed by atoms with van der Waals surface area (Å²) in [5, 5.41) is 11.6. The number of carbonyl (C=O) groups excluding carboxylic acids is 2. The van der Waals surface area contributed by atoms with Crippen LogP contribution in [-0.2, 0) is 11.3 Å². The molecule has 1 aliphatic heterocycles. The molecule has 0 saturated carbocycles. The molecule has 3 aromatic rings. The Labute approximate surface area is 192 Å². The van der Waals surface area contributed by atoms with Crippen LogP contribution in [0.25, 0.3) is 6.08 Å². The summed E-state index contributed by atoms with van der Waals surface area (Å²) in [6, 6.07) is 18.1. The summed E-state index contributed by atoms with van der Waals surface area (Å²) in [5.74, 6) is -0.330. The third-order valence-corrected chi connectivity index (χ3v) is 5.14. The van der Waals surface area contributed by atoms with Crippen LogP contribution in [0.15, 0.2) is 60.3 Å². The predicted molar refractivity (Wildman–Crippen MR) is 125 cm³/mol. The van der Waals surface area contributed by atoms with Gasteiger partial charge in [-0.15, -0.1) is 0 Å². The van der Waals surface area contributed by atoms with Crippen LogP contribution in [0.3, 0.4) is 0 Å². The van der Waals surface area contributed by atoms with Gasteiger partial charge in [0.25, 0.3) is 5.91 Å². The molecule has 0 spiro atoms. The molecule has 1 aliphatic rings. The second kappa shape index (κ2) is 9.99. The lowest BCUT2D eigenvalue weighted by Crippen LogP contribution is -2.30. The fourth-order valence-corrected chi connectivity index (χ4v) is 3.29. The maximum atomic E-state index is 12.4. The maximum absolute atomic E-state index is 12.4. The molecule has 2 heterocycles. The number of amides is 3. The Kier molecular flexibility index (Phi) is 7.14. The van der Waals surface area contributed by atoms with E-state index >= 15 is 0 Å². The Bertz CT molecular complexity index is 1200. The molecule has 0 bridgehead atoms. The molecule has 4 rings (SSSR count). The van der Waals surface area contributed by atoms with Crippen molar-refractivity contribution in [3.63, 3.8) is 0 Å². The molecule has 6 nitrogen and oxygen atoms in total. The fraction of sp³-hybridized carbons (Fsp3) is 0.160. The molecule has 2 aromatic carbocycles. The summed E-state index contributed by atoms with van der Waals surface area (Å²) < 4.78 is 0. The van der Waals surface area contributed by atoms with Gasteiger partial charge in [0.2, 0.25) is 0 Å². The molecule has 0 radical (unpaired) electrons. The van der Waals surface area contributed by atoms with Gasteiger partial charge >= 0.3 is 6.03 Å². The van der Waals surface area contributed by atoms with E-state index in [1.54, 1.807) is 30.3 Å². The first-order valence-corrected chi connectivity index (χ1v) is 10.4. The lowest BCUT2D eigenvalue weighted by atomic mass is 10.2. The Hall–Kier alpha value is -3.82. The van der Waals surface area contributed by atoms with E-state index in [4.69, 9.17) is 16.9 Å². The molecule has 162 valence electrons. The third kappa shape index (κ3) is 5.65. The molecule has 7 heteroatoms. The second-order valence-corrected chi connectivity index (χ2v) is 7.95. The molecule has 2 N–H and O–H groups in total. The van der Waals surface area contributed by atoms with E-state index in [1.807, 2.05) is 51.1 Å². The Morgan fingerprint density at radius 3 is 2.25 bits per heavy atom. The van der Waals surface area contributed by atoms with Gasteiger partial charge in [-0.25, -0.2) is 4.79 Å². The van der Waals surface area contributed by atoms with Crippen molar-refractivity contribution in [1.29, 1.82) is 5.26 Å². The Morgan fingerprint density at radius 1 is 1.03 bits per heavy atom. The van der Waals surface area contributed by atoms with Gasteiger partial charge in [0.05, 0.1) is 18.2 Å². The standard InChI is InChI=1S/C17H16ClN3O2.C8H7N/c1-10-7-13(11(2)19-10)8-15-16(22)21(17(23)20-15)9-12-3-5-14(18)6-4-12;1-7-2-4-8(6-9)5-3-7/h3-8,19H,9H2,1-2H3,(H,20,23);2-5H,1H3/b15-8-;. The maximum Gasteiger partial charge on any atom is 0.329 e. The van der Waals surface area contributed by atoms with Crippen LogP contribution in [0.5, 0.6) is 0 Å². The highest BCUT2D eigenvalue weighted by atomic mass is 35.5. The van der Waals surface area contributed by atoms with Crippen molar-refractivity contribution in [2.24, 2.45) is 0 Å². The van der Waals surface area contributed by atoms with Crippen molar-refractivity contribution in [1.82, 2.24) is 15.2 Å². The van der Waals surface area contributed by atoms with Crippen molar-refractivity contribution in [3.8, 4) is 6.07 Å². The largest absolute Gasteiger partial charge is 0.362 e. The van der Waals surface area contributed by atoms with Crippen LogP contribution in [0.1, 0.15) is 33.6 Å². The van der Waals surface area contributed by atoms with Gasteiger partial charge in [-0.05, 0) is 68.3 Å². The number of benzene rings is 2. The van der Waals surface area contributed by atoms with Gasteiger partial charge in [0, 0.05) is 16.4 Å². The number of rotatable bonds is 3. The summed E-state index contributed by atoms with van der Waals surface area (Å²) in [7, 11) is 0. The Morgan fingerprint density at radius 2 is 1.69 bits per heavy atom. The smallest absolute Gasteiger partial charge is 0.329 e. The number of imide groups is 1. The van der Waals surface area contributed by atoms with Crippen molar-refractivity contribution >= 4 is 29.6 Å². The zero-order chi connectivity index (χ0) is 23.3. The zero-order valence-corrected chi connectivity index (χ0v) is 18.8. The number of halogens is 1. The van der Waals surface area contributed by atoms with Gasteiger partial charge in [-0.3, -0.25) is 9.69 Å². The minimum absolute atomic E-state index is 0.213. The van der Waals surface area contributed by atoms with Crippen molar-refractivity contribution in [2.75, 3.05) is 0 Å². The van der Waals surface area contributed by atoms with Crippen LogP contribution < -0.4 is 5.32 Å². The second-order valence-electron chi connectivity index (χ2n) is 7.52. The number of nitriles is 1. The number of nitrogens with one attached hydrogen (secondary N) is 2. The van der Waals surface area contributed by atoms with Crippen LogP contribution in [-0.4, -0.2) is 21.8 Å². The molecular weight excluding hydrogens is 424 g/mol. The number of urea groups is 1. The lowest BCUT2D eigenvalue weighted by molar-refractivity contribution is -0.123. The minimum atomic E-state index is -0.416. The van der Waals surface area contributed by atoms with Crippen molar-refractivity contribution in [2.45, 2.75) is 27.3 Å². The van der Waals surface area contributed by atoms with Gasteiger partial charge in [0.15, 0.2) is 0 Å². The van der Waals surface area contributed by atoms with Gasteiger partial charge < -0.3 is 10.3 Å². The normalized spacial score (nSPS) is 14.1. The minimum Gasteiger partial charge on any atom is -0.362 e. The number of hydrogen-bond donors (Lipinski definition) is 2. The van der Waals surface area contributed by atoms with E-state index in [-0.39, 0.29) is 18.1 Å². The van der Waals surface area contributed by atoms with Crippen LogP contribution >= 0.6 is 11.6 Å². The molecule has 1 aromatic heterocycles. The topological polar surface area (TPSA) is 89.0 Å². The molecule has 3 amide bonds. The average molecular weight is 447 g/mol. The SMILES string of the molecule is Cc1cc(/C=C2\NC(=O)N(Cc3ccc(Cl)cc3)C2=O)c(C)[nH]1.Cc1ccc(C#N)cc1. The number of aromatic nitrogens is 1. The van der Waals surface area contributed by atoms with Crippen molar-refractivity contribution in [3.05, 3.63) is 99.0 Å². The highest BCUT2D eigenvalue weighted by molar-refractivity contribution is 6.30. The van der Waals surface area contributed by atoms with E-state index < -0.39 is 6.03 Å². The monoisotopic (exact) mass is 446 g/mol. The van der Waals surface area contributed by atoms with Crippen LogP contribution in [0.4, 0.5) is 4.79 Å². The van der Waals surface area contributed by atoms with Crippen LogP contribution in [0, 0.1) is 32.1 Å². The summed E-state index contributed by atoms with van der Waals surface area (Å²) in [5.41, 5.74) is 5.88. The number of nitrogens with zero attached hydrogens (tertiary/aromatic N) is 2. The summed E-state index contributed by atoms with van der Waals surface area (Å²) >= 11 is 5.84. The number of aryl methyl sites for hydroxylation is 3. The van der Waals surface area contributed by atoms with E-state index in [0.29, 0.717) is 5.02 Å². The van der Waals surface area contributed by atoms with Gasteiger partial charge in [0.1, 0.15) is 5.70 Å². The first kappa shape index (κ1) is 22.9. The van der Waals surface area contributed by atoms with E-state index in [1.165, 1.54) is 10.5 Å². The van der Waals surface area contributed by atoms with E-state index in [2.05, 4.69) is 16.4 Å². The first-order chi connectivity index (χ1) is 15.3. The molecule has 0 aliphatic carbocycles. The third-order valence-electron chi connectivity index (χ3n) is 4.89. The van der Waals surface area contributed by atoms with Gasteiger partial charge in [-0.1, -0.05) is 41.4 Å². The summed E-state index contributed by atoms with van der Waals surface area (Å²) in [4.78, 5) is 28.9. The number of carbonyl (C=O) groups is 2. The van der Waals surface area contributed by atoms with Crippen molar-refractivity contribution < 1.29 is 9.59 Å². The van der Waals surface area contributed by atoms with E-state index in [9.17, 15) is 9.59 Å². The number of aromatic amines is 1. The fourth-order valence-electron chi connectivity index (χ4n) is 3.17. The molecule has 0 unspecified atom stereocenters. The molecule has 0 atom stereocenters. The average Bonchev–Trinajstić information content (AvgIpc) is 3.22. The first-order valence-electron chi connectivity index (χ1n) is 9.99. The van der Waals surface area contributed by atoms with E-state index in [0.717, 1.165) is 28.1 Å². The predicted octanol–water partition coefficient (Wildman–Crippen LogP) is 5.24. The highest BCUT2D eigenvalue weighted by Gasteiger charge is 2.33. The molecular formula is C25H23ClN4O2. The number of H-pyrrole nitrogens is 1. The molecule has 32 heavy (non-hydrogen) atoms. The highest BCUT2D eigenvalue weighted by Crippen LogP contribution is 2.20. The Balaban J connectivity index is 0.000000269. The molecule has 1 saturated heterocycles. The molecule has 1 fully saturated rings. The van der Waals surface area contributed by atoms with Crippen LogP contribution in [0.2, 0.25) is 5.02 Å². The lowest BCUT2D eigenvalue weighted by Gasteiger charge is -2.11. The summed E-state index contributed by atoms with van der Waals surface area (Å²) in [6.45, 7) is 6.08. The van der Waals surface area contributed by atoms with Gasteiger partial charge in [-0.2, -0.15) is 5.26 Å². The zero-order valence-electron chi connectivity index (χ0n) is 18.1. The quantitative estimate of drug-likeness (QED) is 0.425.